The Morgan fingerprint density at radius 2 is 2.06 bits per heavy atom. The standard InChI is InChI=1S/C12H16ClN3/c13-12-3-1-2-11(15-12)8-16-6-9-4-14-5-10(9)7-16/h1-3,9-10,14H,4-8H2. The molecule has 0 saturated carbocycles. The van der Waals surface area contributed by atoms with Crippen molar-refractivity contribution in [3.05, 3.63) is 29.0 Å². The second kappa shape index (κ2) is 4.32. The summed E-state index contributed by atoms with van der Waals surface area (Å²) in [5, 5.41) is 4.05. The van der Waals surface area contributed by atoms with E-state index in [1.807, 2.05) is 12.1 Å². The van der Waals surface area contributed by atoms with Crippen LogP contribution >= 0.6 is 11.6 Å². The van der Waals surface area contributed by atoms with E-state index in [2.05, 4.69) is 21.3 Å². The lowest BCUT2D eigenvalue weighted by atomic mass is 10.0. The van der Waals surface area contributed by atoms with Gasteiger partial charge in [0.2, 0.25) is 0 Å². The van der Waals surface area contributed by atoms with Crippen LogP contribution in [0, 0.1) is 11.8 Å². The number of fused-ring (bicyclic) bond motifs is 1. The van der Waals surface area contributed by atoms with Gasteiger partial charge in [0.25, 0.3) is 0 Å². The number of aromatic nitrogens is 1. The number of likely N-dealkylation sites (tertiary alicyclic amines) is 1. The van der Waals surface area contributed by atoms with Gasteiger partial charge in [0.05, 0.1) is 5.69 Å². The first-order chi connectivity index (χ1) is 7.81. The van der Waals surface area contributed by atoms with Crippen molar-refractivity contribution >= 4 is 11.6 Å². The molecule has 2 aliphatic heterocycles. The minimum Gasteiger partial charge on any atom is -0.316 e. The Kier molecular flexibility index (Phi) is 2.84. The van der Waals surface area contributed by atoms with Crippen LogP contribution in [0.25, 0.3) is 0 Å². The fraction of sp³-hybridized carbons (Fsp3) is 0.583. The van der Waals surface area contributed by atoms with Crippen molar-refractivity contribution in [2.75, 3.05) is 26.2 Å². The zero-order valence-corrected chi connectivity index (χ0v) is 9.95. The topological polar surface area (TPSA) is 28.2 Å². The summed E-state index contributed by atoms with van der Waals surface area (Å²) in [5.41, 5.74) is 1.08. The van der Waals surface area contributed by atoms with Gasteiger partial charge in [-0.3, -0.25) is 4.90 Å². The van der Waals surface area contributed by atoms with E-state index in [1.165, 1.54) is 26.2 Å². The highest BCUT2D eigenvalue weighted by Crippen LogP contribution is 2.27. The summed E-state index contributed by atoms with van der Waals surface area (Å²) in [5.74, 6) is 1.69. The van der Waals surface area contributed by atoms with Gasteiger partial charge in [-0.05, 0) is 37.1 Å². The van der Waals surface area contributed by atoms with Gasteiger partial charge in [-0.15, -0.1) is 0 Å². The number of pyridine rings is 1. The molecule has 4 heteroatoms. The van der Waals surface area contributed by atoms with E-state index in [9.17, 15) is 0 Å². The Balaban J connectivity index is 1.64. The SMILES string of the molecule is Clc1cccc(CN2CC3CNCC3C2)n1. The predicted octanol–water partition coefficient (Wildman–Crippen LogP) is 1.39. The average molecular weight is 238 g/mol. The molecule has 2 saturated heterocycles. The van der Waals surface area contributed by atoms with E-state index >= 15 is 0 Å². The number of halogens is 1. The summed E-state index contributed by atoms with van der Waals surface area (Å²) in [6.07, 6.45) is 0. The maximum Gasteiger partial charge on any atom is 0.129 e. The molecule has 0 aliphatic carbocycles. The summed E-state index contributed by atoms with van der Waals surface area (Å²) in [4.78, 5) is 6.83. The van der Waals surface area contributed by atoms with Crippen LogP contribution in [0.4, 0.5) is 0 Å². The van der Waals surface area contributed by atoms with Gasteiger partial charge < -0.3 is 5.32 Å². The van der Waals surface area contributed by atoms with Crippen LogP contribution < -0.4 is 5.32 Å². The number of nitrogens with zero attached hydrogens (tertiary/aromatic N) is 2. The van der Waals surface area contributed by atoms with E-state index in [4.69, 9.17) is 11.6 Å². The van der Waals surface area contributed by atoms with E-state index in [0.29, 0.717) is 5.15 Å². The van der Waals surface area contributed by atoms with E-state index in [-0.39, 0.29) is 0 Å². The molecule has 0 bridgehead atoms. The minimum atomic E-state index is 0.596. The molecule has 3 nitrogen and oxygen atoms in total. The first-order valence-corrected chi connectivity index (χ1v) is 6.23. The van der Waals surface area contributed by atoms with Crippen LogP contribution in [0.1, 0.15) is 5.69 Å². The average Bonchev–Trinajstić information content (AvgIpc) is 2.77. The van der Waals surface area contributed by atoms with Crippen molar-refractivity contribution in [2.45, 2.75) is 6.54 Å². The van der Waals surface area contributed by atoms with Crippen molar-refractivity contribution in [3.63, 3.8) is 0 Å². The highest BCUT2D eigenvalue weighted by Gasteiger charge is 2.35. The first-order valence-electron chi connectivity index (χ1n) is 5.86. The Morgan fingerprint density at radius 3 is 2.75 bits per heavy atom. The quantitative estimate of drug-likeness (QED) is 0.788. The maximum atomic E-state index is 5.89. The van der Waals surface area contributed by atoms with Gasteiger partial charge >= 0.3 is 0 Å². The van der Waals surface area contributed by atoms with Gasteiger partial charge in [0.15, 0.2) is 0 Å². The molecule has 1 aromatic rings. The first kappa shape index (κ1) is 10.5. The molecule has 2 unspecified atom stereocenters. The third-order valence-corrected chi connectivity index (χ3v) is 3.83. The van der Waals surface area contributed by atoms with Gasteiger partial charge in [0, 0.05) is 19.6 Å². The predicted molar refractivity (Wildman–Crippen MR) is 64.4 cm³/mol. The summed E-state index contributed by atoms with van der Waals surface area (Å²) >= 11 is 5.89. The van der Waals surface area contributed by atoms with Crippen LogP contribution in [0.3, 0.4) is 0 Å². The number of rotatable bonds is 2. The third-order valence-electron chi connectivity index (χ3n) is 3.62. The van der Waals surface area contributed by atoms with Gasteiger partial charge in [-0.2, -0.15) is 0 Å². The third kappa shape index (κ3) is 2.08. The lowest BCUT2D eigenvalue weighted by Crippen LogP contribution is -2.25. The van der Waals surface area contributed by atoms with Crippen molar-refractivity contribution in [1.82, 2.24) is 15.2 Å². The molecule has 86 valence electrons. The summed E-state index contributed by atoms with van der Waals surface area (Å²) < 4.78 is 0. The number of nitrogens with one attached hydrogen (secondary N) is 1. The molecule has 1 N–H and O–H groups in total. The molecule has 0 radical (unpaired) electrons. The van der Waals surface area contributed by atoms with E-state index in [0.717, 1.165) is 24.1 Å². The summed E-state index contributed by atoms with van der Waals surface area (Å²) in [7, 11) is 0. The van der Waals surface area contributed by atoms with Gasteiger partial charge in [-0.25, -0.2) is 4.98 Å². The monoisotopic (exact) mass is 237 g/mol. The van der Waals surface area contributed by atoms with Crippen molar-refractivity contribution in [2.24, 2.45) is 11.8 Å². The smallest absolute Gasteiger partial charge is 0.129 e. The second-order valence-corrected chi connectivity index (χ2v) is 5.21. The second-order valence-electron chi connectivity index (χ2n) is 4.82. The van der Waals surface area contributed by atoms with Crippen LogP contribution in [0.2, 0.25) is 5.15 Å². The van der Waals surface area contributed by atoms with E-state index < -0.39 is 0 Å². The van der Waals surface area contributed by atoms with E-state index in [1.54, 1.807) is 0 Å². The number of hydrogen-bond donors (Lipinski definition) is 1. The minimum absolute atomic E-state index is 0.596. The molecule has 2 aliphatic rings. The number of hydrogen-bond acceptors (Lipinski definition) is 3. The molecule has 0 amide bonds. The Hall–Kier alpha value is -0.640. The fourth-order valence-electron chi connectivity index (χ4n) is 2.85. The van der Waals surface area contributed by atoms with Crippen molar-refractivity contribution < 1.29 is 0 Å². The lowest BCUT2D eigenvalue weighted by Gasteiger charge is -2.16. The van der Waals surface area contributed by atoms with Crippen LogP contribution in [-0.4, -0.2) is 36.1 Å². The van der Waals surface area contributed by atoms with Crippen LogP contribution in [-0.2, 0) is 6.54 Å². The molecule has 3 heterocycles. The fourth-order valence-corrected chi connectivity index (χ4v) is 3.03. The van der Waals surface area contributed by atoms with Crippen molar-refractivity contribution in [3.8, 4) is 0 Å². The molecule has 16 heavy (non-hydrogen) atoms. The Bertz CT molecular complexity index is 370. The molecule has 0 aromatic carbocycles. The molecule has 3 rings (SSSR count). The highest BCUT2D eigenvalue weighted by molar-refractivity contribution is 6.29. The van der Waals surface area contributed by atoms with Crippen LogP contribution in [0.5, 0.6) is 0 Å². The van der Waals surface area contributed by atoms with Gasteiger partial charge in [0.1, 0.15) is 5.15 Å². The Labute approximate surface area is 101 Å². The Morgan fingerprint density at radius 1 is 1.31 bits per heavy atom. The molecular weight excluding hydrogens is 222 g/mol. The lowest BCUT2D eigenvalue weighted by molar-refractivity contribution is 0.302. The highest BCUT2D eigenvalue weighted by atomic mass is 35.5. The molecule has 2 atom stereocenters. The molecular formula is C12H16ClN3. The van der Waals surface area contributed by atoms with Crippen molar-refractivity contribution in [1.29, 1.82) is 0 Å². The summed E-state index contributed by atoms with van der Waals surface area (Å²) in [6.45, 7) is 5.71. The molecule has 0 spiro atoms. The molecule has 1 aromatic heterocycles. The summed E-state index contributed by atoms with van der Waals surface area (Å²) in [6, 6.07) is 5.86. The largest absolute Gasteiger partial charge is 0.316 e. The zero-order chi connectivity index (χ0) is 11.0. The normalized spacial score (nSPS) is 29.6. The van der Waals surface area contributed by atoms with Crippen LogP contribution in [0.15, 0.2) is 18.2 Å². The van der Waals surface area contributed by atoms with Gasteiger partial charge in [-0.1, -0.05) is 17.7 Å². The molecule has 2 fully saturated rings. The maximum absolute atomic E-state index is 5.89. The zero-order valence-electron chi connectivity index (χ0n) is 9.19.